The summed E-state index contributed by atoms with van der Waals surface area (Å²) in [4.78, 5) is 11.0. The quantitative estimate of drug-likeness (QED) is 0.648. The summed E-state index contributed by atoms with van der Waals surface area (Å²) in [6, 6.07) is 0. The predicted octanol–water partition coefficient (Wildman–Crippen LogP) is 0.651. The molecule has 1 atom stereocenters. The number of aliphatic imine (C=N–C) groups is 1. The molecule has 1 fully saturated rings. The lowest BCUT2D eigenvalue weighted by Gasteiger charge is -2.34. The largest absolute Gasteiger partial charge is 0.370 e. The van der Waals surface area contributed by atoms with Gasteiger partial charge >= 0.3 is 0 Å². The molecule has 1 aliphatic rings. The van der Waals surface area contributed by atoms with Gasteiger partial charge in [-0.05, 0) is 13.8 Å². The highest BCUT2D eigenvalue weighted by Crippen LogP contribution is 2.21. The zero-order chi connectivity index (χ0) is 16.9. The van der Waals surface area contributed by atoms with Gasteiger partial charge in [0.15, 0.2) is 11.8 Å². The number of aromatic nitrogens is 4. The summed E-state index contributed by atoms with van der Waals surface area (Å²) in [6.45, 7) is 7.14. The molecule has 3 rings (SSSR count). The Kier molecular flexibility index (Phi) is 5.09. The van der Waals surface area contributed by atoms with Crippen molar-refractivity contribution in [1.29, 1.82) is 0 Å². The van der Waals surface area contributed by atoms with E-state index in [-0.39, 0.29) is 6.10 Å². The van der Waals surface area contributed by atoms with Gasteiger partial charge in [0.2, 0.25) is 5.89 Å². The van der Waals surface area contributed by atoms with Gasteiger partial charge in [0, 0.05) is 31.9 Å². The number of guanidine groups is 1. The van der Waals surface area contributed by atoms with E-state index in [1.165, 1.54) is 0 Å². The second kappa shape index (κ2) is 7.43. The number of nitrogens with zero attached hydrogens (tertiary/aromatic N) is 6. The molecule has 24 heavy (non-hydrogen) atoms. The molecule has 1 N–H and O–H groups in total. The SMILES string of the molecule is CCNC(=NCc1nc(C)no1)N1CCOC(c2cnn(C)c2)C1. The van der Waals surface area contributed by atoms with Gasteiger partial charge in [0.1, 0.15) is 12.6 Å². The highest BCUT2D eigenvalue weighted by atomic mass is 16.5. The van der Waals surface area contributed by atoms with Gasteiger partial charge in [-0.3, -0.25) is 4.68 Å². The first-order chi connectivity index (χ1) is 11.7. The number of rotatable bonds is 4. The summed E-state index contributed by atoms with van der Waals surface area (Å²) in [5.41, 5.74) is 1.07. The van der Waals surface area contributed by atoms with Gasteiger partial charge in [-0.25, -0.2) is 4.99 Å². The van der Waals surface area contributed by atoms with Crippen LogP contribution in [0, 0.1) is 6.92 Å². The van der Waals surface area contributed by atoms with Crippen molar-refractivity contribution in [2.75, 3.05) is 26.2 Å². The van der Waals surface area contributed by atoms with Crippen LogP contribution in [0.5, 0.6) is 0 Å². The average molecular weight is 333 g/mol. The Hall–Kier alpha value is -2.42. The van der Waals surface area contributed by atoms with Crippen molar-refractivity contribution in [1.82, 2.24) is 30.1 Å². The van der Waals surface area contributed by atoms with Crippen LogP contribution in [0.4, 0.5) is 0 Å². The average Bonchev–Trinajstić information content (AvgIpc) is 3.20. The molecule has 1 saturated heterocycles. The van der Waals surface area contributed by atoms with Crippen molar-refractivity contribution < 1.29 is 9.26 Å². The van der Waals surface area contributed by atoms with Crippen molar-refractivity contribution in [3.05, 3.63) is 29.7 Å². The normalized spacial score (nSPS) is 18.9. The number of ether oxygens (including phenoxy) is 1. The lowest BCUT2D eigenvalue weighted by molar-refractivity contribution is -0.00806. The minimum Gasteiger partial charge on any atom is -0.370 e. The van der Waals surface area contributed by atoms with E-state index in [4.69, 9.17) is 9.26 Å². The molecule has 0 bridgehead atoms. The standard InChI is InChI=1S/C15H23N7O2/c1-4-16-15(17-8-14-19-11(2)20-24-14)22-5-6-23-13(10-22)12-7-18-21(3)9-12/h7,9,13H,4-6,8,10H2,1-3H3,(H,16,17). The molecule has 0 saturated carbocycles. The fourth-order valence-electron chi connectivity index (χ4n) is 2.62. The van der Waals surface area contributed by atoms with Crippen LogP contribution in [-0.4, -0.2) is 57.0 Å². The number of morpholine rings is 1. The maximum atomic E-state index is 5.88. The zero-order valence-corrected chi connectivity index (χ0v) is 14.3. The van der Waals surface area contributed by atoms with Crippen molar-refractivity contribution in [2.24, 2.45) is 12.0 Å². The second-order valence-corrected chi connectivity index (χ2v) is 5.66. The Labute approximate surface area is 140 Å². The van der Waals surface area contributed by atoms with Crippen molar-refractivity contribution in [3.63, 3.8) is 0 Å². The molecule has 0 aromatic carbocycles. The molecule has 2 aromatic rings. The van der Waals surface area contributed by atoms with Crippen LogP contribution in [0.15, 0.2) is 21.9 Å². The van der Waals surface area contributed by atoms with Crippen LogP contribution < -0.4 is 5.32 Å². The van der Waals surface area contributed by atoms with E-state index in [1.54, 1.807) is 11.6 Å². The van der Waals surface area contributed by atoms with E-state index >= 15 is 0 Å². The van der Waals surface area contributed by atoms with Crippen LogP contribution in [0.2, 0.25) is 0 Å². The molecule has 0 amide bonds. The lowest BCUT2D eigenvalue weighted by Crippen LogP contribution is -2.48. The van der Waals surface area contributed by atoms with Crippen LogP contribution in [0.25, 0.3) is 0 Å². The first kappa shape index (κ1) is 16.4. The zero-order valence-electron chi connectivity index (χ0n) is 14.3. The van der Waals surface area contributed by atoms with Crippen LogP contribution in [0.3, 0.4) is 0 Å². The van der Waals surface area contributed by atoms with Crippen molar-refractivity contribution >= 4 is 5.96 Å². The summed E-state index contributed by atoms with van der Waals surface area (Å²) < 4.78 is 12.8. The Morgan fingerprint density at radius 2 is 2.38 bits per heavy atom. The third-order valence-electron chi connectivity index (χ3n) is 3.73. The summed E-state index contributed by atoms with van der Waals surface area (Å²) >= 11 is 0. The topological polar surface area (TPSA) is 93.6 Å². The third kappa shape index (κ3) is 3.91. The second-order valence-electron chi connectivity index (χ2n) is 5.66. The van der Waals surface area contributed by atoms with Crippen LogP contribution in [-0.2, 0) is 18.3 Å². The van der Waals surface area contributed by atoms with Gasteiger partial charge in [-0.15, -0.1) is 0 Å². The Morgan fingerprint density at radius 1 is 1.50 bits per heavy atom. The van der Waals surface area contributed by atoms with Gasteiger partial charge in [-0.1, -0.05) is 5.16 Å². The molecule has 3 heterocycles. The number of aryl methyl sites for hydroxylation is 2. The summed E-state index contributed by atoms with van der Waals surface area (Å²) in [5, 5.41) is 11.3. The third-order valence-corrected chi connectivity index (χ3v) is 3.73. The highest BCUT2D eigenvalue weighted by molar-refractivity contribution is 5.80. The minimum atomic E-state index is -0.0121. The molecule has 2 aromatic heterocycles. The maximum absolute atomic E-state index is 5.88. The molecule has 9 heteroatoms. The predicted molar refractivity (Wildman–Crippen MR) is 87.3 cm³/mol. The summed E-state index contributed by atoms with van der Waals surface area (Å²) in [6.07, 6.45) is 3.82. The first-order valence-electron chi connectivity index (χ1n) is 8.08. The first-order valence-corrected chi connectivity index (χ1v) is 8.08. The van der Waals surface area contributed by atoms with Crippen LogP contribution in [0.1, 0.15) is 30.3 Å². The highest BCUT2D eigenvalue weighted by Gasteiger charge is 2.25. The summed E-state index contributed by atoms with van der Waals surface area (Å²) in [7, 11) is 1.90. The molecule has 0 spiro atoms. The van der Waals surface area contributed by atoms with Gasteiger partial charge in [-0.2, -0.15) is 10.1 Å². The van der Waals surface area contributed by atoms with Crippen LogP contribution >= 0.6 is 0 Å². The number of hydrogen-bond acceptors (Lipinski definition) is 6. The molecular formula is C15H23N7O2. The molecule has 9 nitrogen and oxygen atoms in total. The van der Waals surface area contributed by atoms with E-state index in [2.05, 4.69) is 30.4 Å². The smallest absolute Gasteiger partial charge is 0.248 e. The fourth-order valence-corrected chi connectivity index (χ4v) is 2.62. The van der Waals surface area contributed by atoms with Gasteiger partial charge in [0.05, 0.1) is 19.3 Å². The monoisotopic (exact) mass is 333 g/mol. The van der Waals surface area contributed by atoms with E-state index < -0.39 is 0 Å². The molecule has 1 unspecified atom stereocenters. The number of hydrogen-bond donors (Lipinski definition) is 1. The maximum Gasteiger partial charge on any atom is 0.248 e. The fraction of sp³-hybridized carbons (Fsp3) is 0.600. The van der Waals surface area contributed by atoms with E-state index in [0.717, 1.165) is 31.2 Å². The van der Waals surface area contributed by atoms with Gasteiger partial charge < -0.3 is 19.5 Å². The molecular weight excluding hydrogens is 310 g/mol. The summed E-state index contributed by atoms with van der Waals surface area (Å²) in [5.74, 6) is 1.96. The molecule has 130 valence electrons. The van der Waals surface area contributed by atoms with Crippen molar-refractivity contribution in [2.45, 2.75) is 26.5 Å². The molecule has 1 aliphatic heterocycles. The van der Waals surface area contributed by atoms with Crippen molar-refractivity contribution in [3.8, 4) is 0 Å². The molecule has 0 radical (unpaired) electrons. The van der Waals surface area contributed by atoms with E-state index in [0.29, 0.717) is 24.9 Å². The Morgan fingerprint density at radius 3 is 3.04 bits per heavy atom. The van der Waals surface area contributed by atoms with E-state index in [1.807, 2.05) is 26.4 Å². The molecule has 0 aliphatic carbocycles. The minimum absolute atomic E-state index is 0.0121. The Bertz CT molecular complexity index is 694. The van der Waals surface area contributed by atoms with Gasteiger partial charge in [0.25, 0.3) is 0 Å². The number of nitrogens with one attached hydrogen (secondary N) is 1. The Balaban J connectivity index is 1.70. The van der Waals surface area contributed by atoms with E-state index in [9.17, 15) is 0 Å². The lowest BCUT2D eigenvalue weighted by atomic mass is 10.1.